The molecular formula is C28H27BrN2O5. The first-order chi connectivity index (χ1) is 17.2. The fourth-order valence-corrected chi connectivity index (χ4v) is 4.94. The van der Waals surface area contributed by atoms with E-state index in [1.54, 1.807) is 38.3 Å². The Morgan fingerprint density at radius 2 is 1.64 bits per heavy atom. The molecule has 2 heterocycles. The molecule has 8 heteroatoms. The molecule has 0 spiro atoms. The molecule has 0 unspecified atom stereocenters. The standard InChI is InChI=1S/C28H27BrN2O5/c1-16-12-19(17(2)30(16)21-9-7-8-20(29)14-21)13-23-26(28(33)36-6)18(3)31(27(23)32)22-10-11-24(34-4)25(15-22)35-5/h7-15H,1-6H3/b23-13-. The summed E-state index contributed by atoms with van der Waals surface area (Å²) >= 11 is 3.53. The predicted octanol–water partition coefficient (Wildman–Crippen LogP) is 5.75. The number of aryl methyl sites for hydroxylation is 1. The van der Waals surface area contributed by atoms with Gasteiger partial charge in [-0.15, -0.1) is 0 Å². The molecule has 0 fully saturated rings. The topological polar surface area (TPSA) is 70.0 Å². The summed E-state index contributed by atoms with van der Waals surface area (Å²) in [5.74, 6) is 0.118. The summed E-state index contributed by atoms with van der Waals surface area (Å²) in [6, 6.07) is 15.2. The molecule has 36 heavy (non-hydrogen) atoms. The van der Waals surface area contributed by atoms with Crippen LogP contribution in [0, 0.1) is 13.8 Å². The minimum atomic E-state index is -0.573. The Bertz CT molecular complexity index is 1430. The Kier molecular flexibility index (Phi) is 7.08. The van der Waals surface area contributed by atoms with E-state index < -0.39 is 5.97 Å². The Hall–Kier alpha value is -3.78. The number of carbonyl (C=O) groups excluding carboxylic acids is 2. The van der Waals surface area contributed by atoms with E-state index in [1.807, 2.05) is 44.2 Å². The molecule has 186 valence electrons. The zero-order valence-corrected chi connectivity index (χ0v) is 22.6. The van der Waals surface area contributed by atoms with Crippen molar-refractivity contribution < 1.29 is 23.8 Å². The maximum absolute atomic E-state index is 13.7. The molecule has 1 aliphatic heterocycles. The highest BCUT2D eigenvalue weighted by atomic mass is 79.9. The van der Waals surface area contributed by atoms with Gasteiger partial charge >= 0.3 is 5.97 Å². The molecule has 0 atom stereocenters. The van der Waals surface area contributed by atoms with Crippen LogP contribution in [-0.4, -0.2) is 37.8 Å². The lowest BCUT2D eigenvalue weighted by Gasteiger charge is -2.19. The van der Waals surface area contributed by atoms with Crippen LogP contribution in [0.5, 0.6) is 11.5 Å². The zero-order valence-electron chi connectivity index (χ0n) is 21.0. The second-order valence-corrected chi connectivity index (χ2v) is 9.25. The van der Waals surface area contributed by atoms with Crippen molar-refractivity contribution in [2.45, 2.75) is 20.8 Å². The van der Waals surface area contributed by atoms with E-state index in [2.05, 4.69) is 20.5 Å². The maximum Gasteiger partial charge on any atom is 0.340 e. The summed E-state index contributed by atoms with van der Waals surface area (Å²) < 4.78 is 18.9. The second kappa shape index (κ2) is 10.1. The van der Waals surface area contributed by atoms with E-state index in [9.17, 15) is 9.59 Å². The molecule has 0 saturated carbocycles. The van der Waals surface area contributed by atoms with Crippen LogP contribution in [0.3, 0.4) is 0 Å². The van der Waals surface area contributed by atoms with Gasteiger partial charge in [0, 0.05) is 33.3 Å². The number of hydrogen-bond acceptors (Lipinski definition) is 5. The predicted molar refractivity (Wildman–Crippen MR) is 143 cm³/mol. The monoisotopic (exact) mass is 550 g/mol. The van der Waals surface area contributed by atoms with Crippen LogP contribution in [0.2, 0.25) is 0 Å². The van der Waals surface area contributed by atoms with E-state index >= 15 is 0 Å². The van der Waals surface area contributed by atoms with Crippen molar-refractivity contribution in [3.8, 4) is 17.2 Å². The highest BCUT2D eigenvalue weighted by Gasteiger charge is 2.38. The first-order valence-electron chi connectivity index (χ1n) is 11.2. The fourth-order valence-electron chi connectivity index (χ4n) is 4.56. The molecule has 1 aliphatic rings. The minimum Gasteiger partial charge on any atom is -0.493 e. The second-order valence-electron chi connectivity index (χ2n) is 8.33. The summed E-state index contributed by atoms with van der Waals surface area (Å²) in [4.78, 5) is 28.1. The molecule has 3 aromatic rings. The van der Waals surface area contributed by atoms with Gasteiger partial charge in [0.05, 0.1) is 38.2 Å². The summed E-state index contributed by atoms with van der Waals surface area (Å²) in [5.41, 5.74) is 5.30. The number of methoxy groups -OCH3 is 3. The average molecular weight is 551 g/mol. The number of carbonyl (C=O) groups is 2. The van der Waals surface area contributed by atoms with Gasteiger partial charge in [-0.2, -0.15) is 0 Å². The SMILES string of the molecule is COC(=O)C1=C(C)N(c2ccc(OC)c(OC)c2)C(=O)/C1=C\c1cc(C)n(-c2cccc(Br)c2)c1C. The third-order valence-corrected chi connectivity index (χ3v) is 6.74. The summed E-state index contributed by atoms with van der Waals surface area (Å²) in [6.45, 7) is 5.72. The van der Waals surface area contributed by atoms with Crippen molar-refractivity contribution in [3.05, 3.63) is 86.8 Å². The summed E-state index contributed by atoms with van der Waals surface area (Å²) in [6.07, 6.45) is 1.76. The van der Waals surface area contributed by atoms with Gasteiger partial charge in [0.1, 0.15) is 0 Å². The van der Waals surface area contributed by atoms with Crippen LogP contribution >= 0.6 is 15.9 Å². The number of allylic oxidation sites excluding steroid dienone is 1. The minimum absolute atomic E-state index is 0.226. The molecule has 0 N–H and O–H groups in total. The highest BCUT2D eigenvalue weighted by molar-refractivity contribution is 9.10. The molecule has 0 aliphatic carbocycles. The molecule has 0 radical (unpaired) electrons. The largest absolute Gasteiger partial charge is 0.493 e. The van der Waals surface area contributed by atoms with Crippen molar-refractivity contribution in [1.29, 1.82) is 0 Å². The van der Waals surface area contributed by atoms with Crippen molar-refractivity contribution in [2.24, 2.45) is 0 Å². The molecule has 1 aromatic heterocycles. The number of benzene rings is 2. The number of aromatic nitrogens is 1. The van der Waals surface area contributed by atoms with Gasteiger partial charge in [0.2, 0.25) is 0 Å². The van der Waals surface area contributed by atoms with Crippen molar-refractivity contribution in [1.82, 2.24) is 4.57 Å². The number of rotatable bonds is 6. The van der Waals surface area contributed by atoms with Crippen LogP contribution < -0.4 is 14.4 Å². The Balaban J connectivity index is 1.85. The summed E-state index contributed by atoms with van der Waals surface area (Å²) in [5, 5.41) is 0. The van der Waals surface area contributed by atoms with Gasteiger partial charge in [0.15, 0.2) is 11.5 Å². The van der Waals surface area contributed by atoms with Gasteiger partial charge in [-0.05, 0) is 68.8 Å². The van der Waals surface area contributed by atoms with Crippen LogP contribution in [0.25, 0.3) is 11.8 Å². The van der Waals surface area contributed by atoms with Crippen molar-refractivity contribution >= 4 is 39.6 Å². The van der Waals surface area contributed by atoms with Gasteiger partial charge in [0.25, 0.3) is 5.91 Å². The van der Waals surface area contributed by atoms with Gasteiger partial charge in [-0.25, -0.2) is 4.79 Å². The van der Waals surface area contributed by atoms with Crippen LogP contribution in [0.1, 0.15) is 23.9 Å². The molecule has 1 amide bonds. The lowest BCUT2D eigenvalue weighted by atomic mass is 10.0. The lowest BCUT2D eigenvalue weighted by molar-refractivity contribution is -0.136. The van der Waals surface area contributed by atoms with Gasteiger partial charge in [-0.1, -0.05) is 22.0 Å². The van der Waals surface area contributed by atoms with Crippen molar-refractivity contribution in [3.63, 3.8) is 0 Å². The number of amides is 1. The number of halogens is 1. The maximum atomic E-state index is 13.7. The van der Waals surface area contributed by atoms with Gasteiger partial charge in [-0.3, -0.25) is 9.69 Å². The van der Waals surface area contributed by atoms with Crippen molar-refractivity contribution in [2.75, 3.05) is 26.2 Å². The number of nitrogens with zero attached hydrogens (tertiary/aromatic N) is 2. The first-order valence-corrected chi connectivity index (χ1v) is 12.0. The Morgan fingerprint density at radius 1 is 0.917 bits per heavy atom. The number of hydrogen-bond donors (Lipinski definition) is 0. The fraction of sp³-hybridized carbons (Fsp3) is 0.214. The Labute approximate surface area is 218 Å². The molecule has 2 aromatic carbocycles. The van der Waals surface area contributed by atoms with Crippen LogP contribution in [-0.2, 0) is 14.3 Å². The molecule has 4 rings (SSSR count). The van der Waals surface area contributed by atoms with Crippen LogP contribution in [0.4, 0.5) is 5.69 Å². The average Bonchev–Trinajstić information content (AvgIpc) is 3.28. The Morgan fingerprint density at radius 3 is 2.28 bits per heavy atom. The molecular weight excluding hydrogens is 524 g/mol. The highest BCUT2D eigenvalue weighted by Crippen LogP contribution is 2.39. The van der Waals surface area contributed by atoms with E-state index in [0.717, 1.165) is 27.1 Å². The number of ether oxygens (including phenoxy) is 3. The summed E-state index contributed by atoms with van der Waals surface area (Å²) in [7, 11) is 4.38. The molecule has 0 bridgehead atoms. The van der Waals surface area contributed by atoms with E-state index in [0.29, 0.717) is 22.9 Å². The normalized spacial score (nSPS) is 14.6. The lowest BCUT2D eigenvalue weighted by Crippen LogP contribution is -2.24. The van der Waals surface area contributed by atoms with Crippen LogP contribution in [0.15, 0.2) is 69.8 Å². The first kappa shape index (κ1) is 25.3. The zero-order chi connectivity index (χ0) is 26.1. The molecule has 0 saturated heterocycles. The van der Waals surface area contributed by atoms with Gasteiger partial charge < -0.3 is 18.8 Å². The third-order valence-electron chi connectivity index (χ3n) is 6.25. The number of esters is 1. The third kappa shape index (κ3) is 4.33. The van der Waals surface area contributed by atoms with E-state index in [4.69, 9.17) is 14.2 Å². The smallest absolute Gasteiger partial charge is 0.340 e. The number of anilines is 1. The van der Waals surface area contributed by atoms with E-state index in [-0.39, 0.29) is 17.1 Å². The molecule has 7 nitrogen and oxygen atoms in total. The van der Waals surface area contributed by atoms with E-state index in [1.165, 1.54) is 19.1 Å². The quantitative estimate of drug-likeness (QED) is 0.288.